The minimum atomic E-state index is -4.68. The lowest BCUT2D eigenvalue weighted by Crippen LogP contribution is -2.52. The number of fused-ring (bicyclic) bond motifs is 2. The first-order valence-corrected chi connectivity index (χ1v) is 17.9. The molecule has 0 saturated carbocycles. The SMILES string of the molecule is Cn1cc(N(C(=O)c2cc(-c3cc4c(cc3C(=O)N3Cc5ccccc5C[C@H]3CN3CCOCC3)OCO4)n(C)c2CC(F)(F)F)c2ccc(O)cc2)cn1. The number of ether oxygens (including phenoxy) is 3. The number of rotatable bonds is 8. The van der Waals surface area contributed by atoms with Gasteiger partial charge >= 0.3 is 6.18 Å². The Bertz CT molecular complexity index is 2240. The fourth-order valence-electron chi connectivity index (χ4n) is 7.68. The molecule has 1 fully saturated rings. The Morgan fingerprint density at radius 3 is 2.33 bits per heavy atom. The van der Waals surface area contributed by atoms with Crippen LogP contribution in [0.15, 0.2) is 79.1 Å². The highest BCUT2D eigenvalue weighted by atomic mass is 19.4. The van der Waals surface area contributed by atoms with E-state index in [1.54, 1.807) is 25.4 Å². The van der Waals surface area contributed by atoms with Crippen LogP contribution in [0.1, 0.15) is 37.5 Å². The zero-order chi connectivity index (χ0) is 38.4. The van der Waals surface area contributed by atoms with E-state index >= 15 is 4.79 Å². The Hall–Kier alpha value is -5.80. The monoisotopic (exact) mass is 756 g/mol. The normalized spacial score (nSPS) is 17.0. The number of aromatic nitrogens is 3. The number of hydrogen-bond donors (Lipinski definition) is 1. The van der Waals surface area contributed by atoms with Crippen molar-refractivity contribution in [1.82, 2.24) is 24.1 Å². The number of phenolic OH excluding ortho intramolecular Hbond substituents is 1. The first kappa shape index (κ1) is 36.2. The van der Waals surface area contributed by atoms with Crippen LogP contribution < -0.4 is 14.4 Å². The fraction of sp³-hybridized carbons (Fsp3) is 0.325. The third-order valence-electron chi connectivity index (χ3n) is 10.4. The van der Waals surface area contributed by atoms with E-state index in [9.17, 15) is 23.1 Å². The molecule has 1 atom stereocenters. The van der Waals surface area contributed by atoms with Crippen LogP contribution >= 0.6 is 0 Å². The van der Waals surface area contributed by atoms with Gasteiger partial charge in [0, 0.05) is 75.2 Å². The Morgan fingerprint density at radius 2 is 1.64 bits per heavy atom. The summed E-state index contributed by atoms with van der Waals surface area (Å²) in [4.78, 5) is 35.0. The number of nitrogens with zero attached hydrogens (tertiary/aromatic N) is 6. The summed E-state index contributed by atoms with van der Waals surface area (Å²) in [5, 5.41) is 14.2. The molecule has 8 rings (SSSR count). The molecule has 5 aromatic rings. The second-order valence-corrected chi connectivity index (χ2v) is 14.0. The van der Waals surface area contributed by atoms with Crippen molar-refractivity contribution in [3.8, 4) is 28.5 Å². The molecule has 55 heavy (non-hydrogen) atoms. The summed E-state index contributed by atoms with van der Waals surface area (Å²) in [6.45, 7) is 3.53. The number of phenols is 1. The molecule has 1 N–H and O–H groups in total. The zero-order valence-corrected chi connectivity index (χ0v) is 30.3. The molecule has 0 bridgehead atoms. The predicted molar refractivity (Wildman–Crippen MR) is 196 cm³/mol. The summed E-state index contributed by atoms with van der Waals surface area (Å²) >= 11 is 0. The van der Waals surface area contributed by atoms with Crippen LogP contribution in [-0.2, 0) is 38.2 Å². The standard InChI is InChI=1S/C40H39F3N6O6/c1-45-22-29(20-44-45)49(27-7-9-30(50)10-8-27)39(52)33-16-34(46(2)35(33)19-40(41,42)43)31-17-36-37(55-24-54-36)18-32(31)38(51)48-21-26-6-4-3-5-25(26)15-28(48)23-47-11-13-53-14-12-47/h3-10,16-18,20,22,28,50H,11-15,19,21,23-24H2,1-2H3/t28-/m0/s1. The van der Waals surface area contributed by atoms with Gasteiger partial charge in [-0.2, -0.15) is 18.3 Å². The third-order valence-corrected chi connectivity index (χ3v) is 10.4. The Labute approximate surface area is 314 Å². The molecule has 12 nitrogen and oxygen atoms in total. The quantitative estimate of drug-likeness (QED) is 0.210. The van der Waals surface area contributed by atoms with Gasteiger partial charge in [-0.1, -0.05) is 24.3 Å². The highest BCUT2D eigenvalue weighted by Crippen LogP contribution is 2.42. The van der Waals surface area contributed by atoms with Crippen molar-refractivity contribution in [2.75, 3.05) is 44.5 Å². The molecule has 0 radical (unpaired) electrons. The average Bonchev–Trinajstić information content (AvgIpc) is 3.89. The van der Waals surface area contributed by atoms with E-state index in [2.05, 4.69) is 16.1 Å². The number of amides is 2. The van der Waals surface area contributed by atoms with Gasteiger partial charge in [-0.25, -0.2) is 0 Å². The first-order valence-electron chi connectivity index (χ1n) is 17.9. The Morgan fingerprint density at radius 1 is 0.927 bits per heavy atom. The number of aryl methyl sites for hydroxylation is 1. The molecular weight excluding hydrogens is 717 g/mol. The summed E-state index contributed by atoms with van der Waals surface area (Å²) in [7, 11) is 3.11. The maximum atomic E-state index is 15.0. The van der Waals surface area contributed by atoms with Gasteiger partial charge in [0.25, 0.3) is 11.8 Å². The molecule has 0 unspecified atom stereocenters. The fourth-order valence-corrected chi connectivity index (χ4v) is 7.68. The largest absolute Gasteiger partial charge is 0.508 e. The van der Waals surface area contributed by atoms with Crippen LogP contribution in [0, 0.1) is 0 Å². The lowest BCUT2D eigenvalue weighted by Gasteiger charge is -2.40. The summed E-state index contributed by atoms with van der Waals surface area (Å²) in [6, 6.07) is 18.1. The lowest BCUT2D eigenvalue weighted by atomic mass is 9.92. The molecule has 15 heteroatoms. The molecule has 3 aliphatic heterocycles. The van der Waals surface area contributed by atoms with Gasteiger partial charge in [0.2, 0.25) is 6.79 Å². The van der Waals surface area contributed by atoms with Gasteiger partial charge in [-0.05, 0) is 60.0 Å². The number of morpholine rings is 1. The number of hydrogen-bond acceptors (Lipinski definition) is 8. The van der Waals surface area contributed by atoms with E-state index in [1.165, 1.54) is 57.7 Å². The minimum absolute atomic E-state index is 0.0496. The van der Waals surface area contributed by atoms with Crippen molar-refractivity contribution in [3.05, 3.63) is 107 Å². The molecular formula is C40H39F3N6O6. The van der Waals surface area contributed by atoms with Crippen LogP contribution in [0.2, 0.25) is 0 Å². The van der Waals surface area contributed by atoms with E-state index in [0.29, 0.717) is 61.2 Å². The molecule has 3 aliphatic rings. The van der Waals surface area contributed by atoms with E-state index in [0.717, 1.165) is 24.2 Å². The van der Waals surface area contributed by atoms with Gasteiger partial charge in [0.05, 0.1) is 42.6 Å². The van der Waals surface area contributed by atoms with Gasteiger partial charge in [-0.15, -0.1) is 0 Å². The molecule has 286 valence electrons. The maximum Gasteiger partial charge on any atom is 0.394 e. The maximum absolute atomic E-state index is 15.0. The van der Waals surface area contributed by atoms with Crippen LogP contribution in [0.25, 0.3) is 11.3 Å². The van der Waals surface area contributed by atoms with Crippen LogP contribution in [0.5, 0.6) is 17.2 Å². The topological polar surface area (TPSA) is 115 Å². The van der Waals surface area contributed by atoms with Gasteiger partial charge in [-0.3, -0.25) is 24.1 Å². The second kappa shape index (κ2) is 14.5. The number of carbonyl (C=O) groups excluding carboxylic acids is 2. The molecule has 3 aromatic carbocycles. The predicted octanol–water partition coefficient (Wildman–Crippen LogP) is 5.84. The van der Waals surface area contributed by atoms with E-state index in [4.69, 9.17) is 14.2 Å². The second-order valence-electron chi connectivity index (χ2n) is 14.0. The average molecular weight is 757 g/mol. The molecule has 0 spiro atoms. The van der Waals surface area contributed by atoms with Gasteiger partial charge in [0.1, 0.15) is 5.75 Å². The van der Waals surface area contributed by atoms with E-state index < -0.39 is 18.5 Å². The van der Waals surface area contributed by atoms with Crippen LogP contribution in [0.4, 0.5) is 24.5 Å². The smallest absolute Gasteiger partial charge is 0.394 e. The third kappa shape index (κ3) is 7.24. The lowest BCUT2D eigenvalue weighted by molar-refractivity contribution is -0.128. The van der Waals surface area contributed by atoms with Crippen molar-refractivity contribution in [1.29, 1.82) is 0 Å². The van der Waals surface area contributed by atoms with Crippen LogP contribution in [0.3, 0.4) is 0 Å². The number of halogens is 3. The van der Waals surface area contributed by atoms with Gasteiger partial charge < -0.3 is 28.8 Å². The molecule has 2 aromatic heterocycles. The van der Waals surface area contributed by atoms with Crippen molar-refractivity contribution >= 4 is 23.2 Å². The van der Waals surface area contributed by atoms with Crippen molar-refractivity contribution in [3.63, 3.8) is 0 Å². The first-order chi connectivity index (χ1) is 26.4. The number of aromatic hydroxyl groups is 1. The minimum Gasteiger partial charge on any atom is -0.508 e. The summed E-state index contributed by atoms with van der Waals surface area (Å²) in [5.41, 5.74) is 2.96. The number of carbonyl (C=O) groups is 2. The molecule has 2 amide bonds. The zero-order valence-electron chi connectivity index (χ0n) is 30.3. The molecule has 5 heterocycles. The van der Waals surface area contributed by atoms with Crippen molar-refractivity contribution in [2.24, 2.45) is 14.1 Å². The highest BCUT2D eigenvalue weighted by molar-refractivity contribution is 6.12. The number of alkyl halides is 3. The number of benzene rings is 3. The molecule has 0 aliphatic carbocycles. The summed E-state index contributed by atoms with van der Waals surface area (Å²) in [6.07, 6.45) is -2.48. The van der Waals surface area contributed by atoms with E-state index in [1.807, 2.05) is 23.1 Å². The molecule has 1 saturated heterocycles. The Kier molecular flexibility index (Phi) is 9.51. The van der Waals surface area contributed by atoms with Crippen LogP contribution in [-0.4, -0.2) is 92.9 Å². The highest BCUT2D eigenvalue weighted by Gasteiger charge is 2.38. The number of anilines is 2. The summed E-state index contributed by atoms with van der Waals surface area (Å²) < 4.78 is 62.9. The van der Waals surface area contributed by atoms with E-state index in [-0.39, 0.29) is 47.0 Å². The Balaban J connectivity index is 1.25. The summed E-state index contributed by atoms with van der Waals surface area (Å²) in [5.74, 6) is -0.468. The van der Waals surface area contributed by atoms with Crippen molar-refractivity contribution in [2.45, 2.75) is 31.6 Å². The van der Waals surface area contributed by atoms with Crippen molar-refractivity contribution < 1.29 is 42.1 Å². The van der Waals surface area contributed by atoms with Gasteiger partial charge in [0.15, 0.2) is 11.5 Å².